The highest BCUT2D eigenvalue weighted by molar-refractivity contribution is 7.13. The van der Waals surface area contributed by atoms with Gasteiger partial charge in [0.15, 0.2) is 6.61 Å². The standard InChI is InChI=1S/C15H14ClN3O4S/c16-11-4-2-1-3-10(11)15-19-9(8-24-15)5-14(22)23-7-13(21)18-6-12(17)20/h1-4,8H,5-7H2,(H2,17,20)(H,18,21). The lowest BCUT2D eigenvalue weighted by molar-refractivity contribution is -0.148. The molecule has 24 heavy (non-hydrogen) atoms. The Balaban J connectivity index is 1.86. The van der Waals surface area contributed by atoms with E-state index < -0.39 is 24.4 Å². The second-order valence-corrected chi connectivity index (χ2v) is 5.97. The zero-order chi connectivity index (χ0) is 17.5. The van der Waals surface area contributed by atoms with Crippen molar-refractivity contribution in [2.75, 3.05) is 13.2 Å². The Labute approximate surface area is 146 Å². The average Bonchev–Trinajstić information content (AvgIpc) is 2.99. The molecule has 0 fully saturated rings. The number of ether oxygens (including phenoxy) is 1. The third kappa shape index (κ3) is 5.32. The Morgan fingerprint density at radius 3 is 2.75 bits per heavy atom. The van der Waals surface area contributed by atoms with Gasteiger partial charge in [0.2, 0.25) is 5.91 Å². The first-order valence-electron chi connectivity index (χ1n) is 6.85. The molecule has 0 bridgehead atoms. The topological polar surface area (TPSA) is 111 Å². The smallest absolute Gasteiger partial charge is 0.312 e. The number of primary amides is 1. The molecule has 0 radical (unpaired) electrons. The molecule has 0 aliphatic heterocycles. The molecule has 0 atom stereocenters. The highest BCUT2D eigenvalue weighted by atomic mass is 35.5. The first kappa shape index (κ1) is 17.9. The van der Waals surface area contributed by atoms with Crippen LogP contribution < -0.4 is 11.1 Å². The van der Waals surface area contributed by atoms with E-state index in [-0.39, 0.29) is 13.0 Å². The average molecular weight is 368 g/mol. The summed E-state index contributed by atoms with van der Waals surface area (Å²) in [7, 11) is 0. The summed E-state index contributed by atoms with van der Waals surface area (Å²) in [5, 5.41) is 5.22. The molecule has 1 aromatic heterocycles. The first-order valence-corrected chi connectivity index (χ1v) is 8.11. The Morgan fingerprint density at radius 1 is 1.29 bits per heavy atom. The van der Waals surface area contributed by atoms with Gasteiger partial charge in [0.1, 0.15) is 5.01 Å². The van der Waals surface area contributed by atoms with E-state index >= 15 is 0 Å². The molecule has 7 nitrogen and oxygen atoms in total. The van der Waals surface area contributed by atoms with Crippen molar-refractivity contribution in [3.05, 3.63) is 40.4 Å². The number of carbonyl (C=O) groups excluding carboxylic acids is 3. The van der Waals surface area contributed by atoms with Gasteiger partial charge in [-0.3, -0.25) is 14.4 Å². The predicted molar refractivity (Wildman–Crippen MR) is 89.4 cm³/mol. The normalized spacial score (nSPS) is 10.2. The van der Waals surface area contributed by atoms with Crippen molar-refractivity contribution >= 4 is 40.7 Å². The number of nitrogens with one attached hydrogen (secondary N) is 1. The Hall–Kier alpha value is -2.45. The molecular formula is C15H14ClN3O4S. The molecule has 126 valence electrons. The van der Waals surface area contributed by atoms with Crippen LogP contribution in [0.25, 0.3) is 10.6 Å². The highest BCUT2D eigenvalue weighted by Gasteiger charge is 2.13. The minimum Gasteiger partial charge on any atom is -0.455 e. The van der Waals surface area contributed by atoms with Crippen LogP contribution in [0.3, 0.4) is 0 Å². The van der Waals surface area contributed by atoms with Crippen molar-refractivity contribution in [2.45, 2.75) is 6.42 Å². The number of esters is 1. The van der Waals surface area contributed by atoms with Crippen LogP contribution in [-0.2, 0) is 25.5 Å². The van der Waals surface area contributed by atoms with Gasteiger partial charge in [0.25, 0.3) is 5.91 Å². The van der Waals surface area contributed by atoms with Gasteiger partial charge in [-0.15, -0.1) is 11.3 Å². The summed E-state index contributed by atoms with van der Waals surface area (Å²) in [5.41, 5.74) is 6.19. The summed E-state index contributed by atoms with van der Waals surface area (Å²) in [6.45, 7) is -0.780. The number of benzene rings is 1. The van der Waals surface area contributed by atoms with Crippen LogP contribution in [0.5, 0.6) is 0 Å². The SMILES string of the molecule is NC(=O)CNC(=O)COC(=O)Cc1csc(-c2ccccc2Cl)n1. The fraction of sp³-hybridized carbons (Fsp3) is 0.200. The van der Waals surface area contributed by atoms with Crippen LogP contribution in [0.2, 0.25) is 5.02 Å². The number of aromatic nitrogens is 1. The molecule has 1 heterocycles. The lowest BCUT2D eigenvalue weighted by atomic mass is 10.2. The summed E-state index contributed by atoms with van der Waals surface area (Å²) in [6.07, 6.45) is -0.0654. The van der Waals surface area contributed by atoms with Crippen LogP contribution >= 0.6 is 22.9 Å². The van der Waals surface area contributed by atoms with Gasteiger partial charge in [0.05, 0.1) is 23.7 Å². The van der Waals surface area contributed by atoms with Gasteiger partial charge in [0, 0.05) is 10.9 Å². The number of carbonyl (C=O) groups is 3. The number of halogens is 1. The van der Waals surface area contributed by atoms with Gasteiger partial charge >= 0.3 is 5.97 Å². The van der Waals surface area contributed by atoms with Crippen molar-refractivity contribution in [3.8, 4) is 10.6 Å². The largest absolute Gasteiger partial charge is 0.455 e. The summed E-state index contributed by atoms with van der Waals surface area (Å²) >= 11 is 7.47. The van der Waals surface area contributed by atoms with E-state index in [4.69, 9.17) is 22.1 Å². The maximum absolute atomic E-state index is 11.7. The maximum Gasteiger partial charge on any atom is 0.312 e. The number of thiazole rings is 1. The number of amides is 2. The molecule has 1 aromatic carbocycles. The molecular weight excluding hydrogens is 354 g/mol. The third-order valence-electron chi connectivity index (χ3n) is 2.81. The van der Waals surface area contributed by atoms with Crippen molar-refractivity contribution < 1.29 is 19.1 Å². The molecule has 2 amide bonds. The van der Waals surface area contributed by atoms with E-state index in [2.05, 4.69) is 10.3 Å². The fourth-order valence-electron chi connectivity index (χ4n) is 1.73. The summed E-state index contributed by atoms with van der Waals surface area (Å²) < 4.78 is 4.81. The molecule has 0 aliphatic carbocycles. The molecule has 0 saturated heterocycles. The Morgan fingerprint density at radius 2 is 2.04 bits per heavy atom. The van der Waals surface area contributed by atoms with Crippen LogP contribution in [0, 0.1) is 0 Å². The maximum atomic E-state index is 11.7. The van der Waals surface area contributed by atoms with E-state index in [1.165, 1.54) is 11.3 Å². The minimum absolute atomic E-state index is 0.0654. The first-order chi connectivity index (χ1) is 11.5. The van der Waals surface area contributed by atoms with Crippen molar-refractivity contribution in [1.82, 2.24) is 10.3 Å². The van der Waals surface area contributed by atoms with E-state index in [9.17, 15) is 14.4 Å². The molecule has 0 aliphatic rings. The van der Waals surface area contributed by atoms with Crippen LogP contribution in [0.1, 0.15) is 5.69 Å². The van der Waals surface area contributed by atoms with Crippen LogP contribution in [0.15, 0.2) is 29.6 Å². The van der Waals surface area contributed by atoms with E-state index in [1.807, 2.05) is 18.2 Å². The van der Waals surface area contributed by atoms with E-state index in [1.54, 1.807) is 11.4 Å². The van der Waals surface area contributed by atoms with Crippen LogP contribution in [-0.4, -0.2) is 35.9 Å². The number of hydrogen-bond donors (Lipinski definition) is 2. The molecule has 0 unspecified atom stereocenters. The highest BCUT2D eigenvalue weighted by Crippen LogP contribution is 2.30. The number of rotatable bonds is 7. The van der Waals surface area contributed by atoms with E-state index in [0.717, 1.165) is 5.56 Å². The quantitative estimate of drug-likeness (QED) is 0.713. The van der Waals surface area contributed by atoms with Crippen molar-refractivity contribution in [1.29, 1.82) is 0 Å². The number of nitrogens with zero attached hydrogens (tertiary/aromatic N) is 1. The third-order valence-corrected chi connectivity index (χ3v) is 4.06. The predicted octanol–water partition coefficient (Wildman–Crippen LogP) is 1.15. The second-order valence-electron chi connectivity index (χ2n) is 4.70. The lowest BCUT2D eigenvalue weighted by Crippen LogP contribution is -2.36. The van der Waals surface area contributed by atoms with Gasteiger partial charge in [-0.2, -0.15) is 0 Å². The zero-order valence-corrected chi connectivity index (χ0v) is 14.0. The molecule has 3 N–H and O–H groups in total. The minimum atomic E-state index is -0.677. The van der Waals surface area contributed by atoms with Crippen molar-refractivity contribution in [2.24, 2.45) is 5.73 Å². The Kier molecular flexibility index (Phi) is 6.28. The van der Waals surface area contributed by atoms with Crippen LogP contribution in [0.4, 0.5) is 0 Å². The van der Waals surface area contributed by atoms with Crippen molar-refractivity contribution in [3.63, 3.8) is 0 Å². The zero-order valence-electron chi connectivity index (χ0n) is 12.5. The summed E-state index contributed by atoms with van der Waals surface area (Å²) in [4.78, 5) is 37.9. The summed E-state index contributed by atoms with van der Waals surface area (Å²) in [5.74, 6) is -1.87. The van der Waals surface area contributed by atoms with Gasteiger partial charge < -0.3 is 15.8 Å². The summed E-state index contributed by atoms with van der Waals surface area (Å²) in [6, 6.07) is 7.27. The molecule has 9 heteroatoms. The molecule has 2 rings (SSSR count). The molecule has 0 saturated carbocycles. The van der Waals surface area contributed by atoms with E-state index in [0.29, 0.717) is 15.7 Å². The second kappa shape index (κ2) is 8.42. The Bertz CT molecular complexity index is 763. The number of nitrogens with two attached hydrogens (primary N) is 1. The molecule has 2 aromatic rings. The van der Waals surface area contributed by atoms with Gasteiger partial charge in [-0.1, -0.05) is 29.8 Å². The van der Waals surface area contributed by atoms with Gasteiger partial charge in [-0.25, -0.2) is 4.98 Å². The molecule has 0 spiro atoms. The van der Waals surface area contributed by atoms with Gasteiger partial charge in [-0.05, 0) is 6.07 Å². The monoisotopic (exact) mass is 367 g/mol. The lowest BCUT2D eigenvalue weighted by Gasteiger charge is -2.04. The fourth-order valence-corrected chi connectivity index (χ4v) is 2.87. The number of hydrogen-bond acceptors (Lipinski definition) is 6.